The molecule has 0 aliphatic rings. The molecule has 0 spiro atoms. The smallest absolute Gasteiger partial charge is 0.102 e. The number of hydrogen-bond donors (Lipinski definition) is 0. The van der Waals surface area contributed by atoms with E-state index in [0.29, 0.717) is 13.2 Å². The summed E-state index contributed by atoms with van der Waals surface area (Å²) in [4.78, 5) is 0. The number of rotatable bonds is 30. The molecule has 0 radical (unpaired) electrons. The van der Waals surface area contributed by atoms with Crippen LogP contribution in [0.2, 0.25) is 0 Å². The number of hydrogen-bond acceptors (Lipinski definition) is 4. The first-order valence-electron chi connectivity index (χ1n) is 16.1. The van der Waals surface area contributed by atoms with Crippen molar-refractivity contribution >= 4 is 0 Å². The van der Waals surface area contributed by atoms with E-state index in [4.69, 9.17) is 18.9 Å². The van der Waals surface area contributed by atoms with Gasteiger partial charge in [-0.15, -0.1) is 0 Å². The van der Waals surface area contributed by atoms with Gasteiger partial charge in [0.15, 0.2) is 0 Å². The molecule has 0 aromatic heterocycles. The van der Waals surface area contributed by atoms with Crippen molar-refractivity contribution in [2.45, 2.75) is 142 Å². The predicted octanol–water partition coefficient (Wildman–Crippen LogP) is 8.19. The van der Waals surface area contributed by atoms with Crippen LogP contribution >= 0.6 is 0 Å². The fourth-order valence-corrected chi connectivity index (χ4v) is 4.39. The van der Waals surface area contributed by atoms with Crippen LogP contribution in [0.4, 0.5) is 0 Å². The topological polar surface area (TPSA) is 36.9 Å². The van der Waals surface area contributed by atoms with Gasteiger partial charge < -0.3 is 23.4 Å². The normalized spacial score (nSPS) is 13.8. The molecule has 5 nitrogen and oxygen atoms in total. The second kappa shape index (κ2) is 27.4. The van der Waals surface area contributed by atoms with Crippen LogP contribution < -0.4 is 0 Å². The minimum Gasteiger partial charge on any atom is -0.379 e. The molecule has 0 aromatic carbocycles. The molecule has 0 rings (SSSR count). The van der Waals surface area contributed by atoms with Crippen LogP contribution in [-0.2, 0) is 18.9 Å². The fourth-order valence-electron chi connectivity index (χ4n) is 4.39. The van der Waals surface area contributed by atoms with Crippen LogP contribution in [-0.4, -0.2) is 84.0 Å². The summed E-state index contributed by atoms with van der Waals surface area (Å²) in [5.41, 5.74) is 0. The largest absolute Gasteiger partial charge is 0.379 e. The van der Waals surface area contributed by atoms with Crippen LogP contribution in [0.25, 0.3) is 0 Å². The Hall–Kier alpha value is -0.200. The van der Waals surface area contributed by atoms with Crippen molar-refractivity contribution in [2.24, 2.45) is 0 Å². The molecule has 0 heterocycles. The van der Waals surface area contributed by atoms with E-state index < -0.39 is 0 Å². The van der Waals surface area contributed by atoms with Gasteiger partial charge in [0.25, 0.3) is 0 Å². The number of ether oxygens (including phenoxy) is 4. The van der Waals surface area contributed by atoms with E-state index in [9.17, 15) is 0 Å². The zero-order valence-electron chi connectivity index (χ0n) is 26.2. The van der Waals surface area contributed by atoms with E-state index in [-0.39, 0.29) is 12.2 Å². The van der Waals surface area contributed by atoms with Crippen molar-refractivity contribution in [2.75, 3.05) is 67.3 Å². The number of quaternary nitrogens is 1. The molecule has 0 amide bonds. The van der Waals surface area contributed by atoms with E-state index in [2.05, 4.69) is 41.9 Å². The van der Waals surface area contributed by atoms with Gasteiger partial charge in [-0.25, -0.2) is 0 Å². The number of likely N-dealkylation sites (N-methyl/N-ethyl adjacent to an activating group) is 1. The van der Waals surface area contributed by atoms with Crippen LogP contribution in [0.15, 0.2) is 0 Å². The van der Waals surface area contributed by atoms with Gasteiger partial charge >= 0.3 is 0 Å². The van der Waals surface area contributed by atoms with Crippen molar-refractivity contribution in [1.29, 1.82) is 0 Å². The molecule has 0 bridgehead atoms. The highest BCUT2D eigenvalue weighted by Gasteiger charge is 2.18. The maximum Gasteiger partial charge on any atom is 0.102 e. The maximum atomic E-state index is 6.29. The first-order valence-corrected chi connectivity index (χ1v) is 16.1. The SMILES string of the molecule is CCCCCCCCCCCCCCCC(OCCCOCCOCC[N+](C)(C)C)C(C)OCCCC. The monoisotopic (exact) mass is 531 g/mol. The van der Waals surface area contributed by atoms with Crippen LogP contribution in [0.3, 0.4) is 0 Å². The Morgan fingerprint density at radius 3 is 1.51 bits per heavy atom. The predicted molar refractivity (Wildman–Crippen MR) is 160 cm³/mol. The van der Waals surface area contributed by atoms with Crippen molar-refractivity contribution < 1.29 is 23.4 Å². The summed E-state index contributed by atoms with van der Waals surface area (Å²) < 4.78 is 24.7. The van der Waals surface area contributed by atoms with E-state index in [1.165, 1.54) is 89.9 Å². The molecule has 2 unspecified atom stereocenters. The lowest BCUT2D eigenvalue weighted by Crippen LogP contribution is -2.37. The second-order valence-corrected chi connectivity index (χ2v) is 12.0. The Kier molecular flexibility index (Phi) is 27.2. The quantitative estimate of drug-likeness (QED) is 0.0693. The summed E-state index contributed by atoms with van der Waals surface area (Å²) in [5, 5.41) is 0. The van der Waals surface area contributed by atoms with Gasteiger partial charge in [0.1, 0.15) is 6.54 Å². The van der Waals surface area contributed by atoms with Gasteiger partial charge in [-0.2, -0.15) is 0 Å². The highest BCUT2D eigenvalue weighted by Crippen LogP contribution is 2.17. The zero-order valence-corrected chi connectivity index (χ0v) is 26.2. The lowest BCUT2D eigenvalue weighted by molar-refractivity contribution is -0.870. The molecule has 0 saturated heterocycles. The van der Waals surface area contributed by atoms with E-state index in [1.54, 1.807) is 0 Å². The van der Waals surface area contributed by atoms with E-state index in [0.717, 1.165) is 56.7 Å². The zero-order chi connectivity index (χ0) is 27.5. The minimum absolute atomic E-state index is 0.166. The first kappa shape index (κ1) is 36.8. The molecule has 0 aliphatic carbocycles. The molecule has 5 heteroatoms. The van der Waals surface area contributed by atoms with Crippen molar-refractivity contribution in [3.05, 3.63) is 0 Å². The summed E-state index contributed by atoms with van der Waals surface area (Å²) in [6.45, 7) is 12.1. The van der Waals surface area contributed by atoms with Crippen molar-refractivity contribution in [3.63, 3.8) is 0 Å². The summed E-state index contributed by atoms with van der Waals surface area (Å²) >= 11 is 0. The third-order valence-electron chi connectivity index (χ3n) is 7.04. The number of unbranched alkanes of at least 4 members (excludes halogenated alkanes) is 13. The van der Waals surface area contributed by atoms with Crippen LogP contribution in [0, 0.1) is 0 Å². The highest BCUT2D eigenvalue weighted by atomic mass is 16.5. The summed E-state index contributed by atoms with van der Waals surface area (Å²) in [6, 6.07) is 0. The summed E-state index contributed by atoms with van der Waals surface area (Å²) in [7, 11) is 6.55. The van der Waals surface area contributed by atoms with Crippen LogP contribution in [0.1, 0.15) is 130 Å². The molecule has 0 aromatic rings. The summed E-state index contributed by atoms with van der Waals surface area (Å²) in [5.74, 6) is 0. The molecule has 2 atom stereocenters. The minimum atomic E-state index is 0.166. The third kappa shape index (κ3) is 28.6. The van der Waals surface area contributed by atoms with E-state index >= 15 is 0 Å². The van der Waals surface area contributed by atoms with Gasteiger partial charge in [0, 0.05) is 19.8 Å². The lowest BCUT2D eigenvalue weighted by atomic mass is 10.0. The third-order valence-corrected chi connectivity index (χ3v) is 7.04. The van der Waals surface area contributed by atoms with Gasteiger partial charge in [0.2, 0.25) is 0 Å². The molecular weight excluding hydrogens is 462 g/mol. The molecular formula is C32H68NO4+. The Morgan fingerprint density at radius 2 is 0.973 bits per heavy atom. The van der Waals surface area contributed by atoms with Crippen molar-refractivity contribution in [3.8, 4) is 0 Å². The van der Waals surface area contributed by atoms with E-state index in [1.807, 2.05) is 0 Å². The maximum absolute atomic E-state index is 6.29. The lowest BCUT2D eigenvalue weighted by Gasteiger charge is -2.25. The average Bonchev–Trinajstić information content (AvgIpc) is 2.86. The molecule has 0 N–H and O–H groups in total. The van der Waals surface area contributed by atoms with Gasteiger partial charge in [-0.3, -0.25) is 0 Å². The van der Waals surface area contributed by atoms with Crippen molar-refractivity contribution in [1.82, 2.24) is 0 Å². The average molecular weight is 531 g/mol. The standard InChI is InChI=1S/C32H68NO4/c1-7-9-11-12-13-14-15-16-17-18-19-20-21-23-32(31(3)36-26-10-8-2)37-27-22-25-34-29-30-35-28-24-33(4,5)6/h31-32H,7-30H2,1-6H3/q+1. The molecule has 37 heavy (non-hydrogen) atoms. The Bertz CT molecular complexity index is 441. The molecule has 0 fully saturated rings. The van der Waals surface area contributed by atoms with Gasteiger partial charge in [-0.1, -0.05) is 104 Å². The Balaban J connectivity index is 3.85. The Morgan fingerprint density at radius 1 is 0.486 bits per heavy atom. The van der Waals surface area contributed by atoms with Crippen LogP contribution in [0.5, 0.6) is 0 Å². The second-order valence-electron chi connectivity index (χ2n) is 12.0. The Labute approximate surface area is 232 Å². The van der Waals surface area contributed by atoms with Gasteiger partial charge in [0.05, 0.1) is 53.2 Å². The molecule has 0 saturated carbocycles. The number of nitrogens with zero attached hydrogens (tertiary/aromatic N) is 1. The highest BCUT2D eigenvalue weighted by molar-refractivity contribution is 4.67. The molecule has 224 valence electrons. The molecule has 0 aliphatic heterocycles. The summed E-state index contributed by atoms with van der Waals surface area (Å²) in [6.07, 6.45) is 22.8. The van der Waals surface area contributed by atoms with Gasteiger partial charge in [-0.05, 0) is 26.2 Å². The fraction of sp³-hybridized carbons (Fsp3) is 1.00. The first-order chi connectivity index (χ1) is 17.9.